The molecule has 1 rings (SSSR count). The van der Waals surface area contributed by atoms with Crippen molar-refractivity contribution in [3.05, 3.63) is 35.9 Å². The molecule has 0 aromatic heterocycles. The van der Waals surface area contributed by atoms with Crippen LogP contribution >= 0.6 is 0 Å². The normalized spacial score (nSPS) is 12.6. The fourth-order valence-corrected chi connectivity index (χ4v) is 1.87. The molecule has 0 saturated carbocycles. The van der Waals surface area contributed by atoms with Gasteiger partial charge in [-0.3, -0.25) is 9.69 Å². The van der Waals surface area contributed by atoms with Gasteiger partial charge in [0, 0.05) is 19.0 Å². The quantitative estimate of drug-likeness (QED) is 0.720. The summed E-state index contributed by atoms with van der Waals surface area (Å²) < 4.78 is 0. The fraction of sp³-hybridized carbons (Fsp3) is 0.500. The molecule has 0 radical (unpaired) electrons. The lowest BCUT2D eigenvalue weighted by molar-refractivity contribution is -0.121. The van der Waals surface area contributed by atoms with Gasteiger partial charge in [0.25, 0.3) is 0 Å². The van der Waals surface area contributed by atoms with E-state index >= 15 is 0 Å². The number of carbonyl (C=O) groups is 1. The number of carbonyl (C=O) groups excluding carboxylic acids is 1. The summed E-state index contributed by atoms with van der Waals surface area (Å²) in [5.41, 5.74) is 12.1. The molecule has 0 aliphatic rings. The number of primary amides is 1. The highest BCUT2D eigenvalue weighted by Crippen LogP contribution is 2.08. The highest BCUT2D eigenvalue weighted by atomic mass is 16.1. The Morgan fingerprint density at radius 1 is 1.33 bits per heavy atom. The highest BCUT2D eigenvalue weighted by Gasteiger charge is 2.14. The average molecular weight is 249 g/mol. The van der Waals surface area contributed by atoms with E-state index in [2.05, 4.69) is 17.0 Å². The molecule has 18 heavy (non-hydrogen) atoms. The molecule has 1 aromatic carbocycles. The van der Waals surface area contributed by atoms with Crippen LogP contribution in [0.25, 0.3) is 0 Å². The summed E-state index contributed by atoms with van der Waals surface area (Å²) >= 11 is 0. The van der Waals surface area contributed by atoms with Crippen LogP contribution in [0.3, 0.4) is 0 Å². The standard InChI is InChI=1S/C14H23N3O/c1-12(14(16)18)10-17(9-5-8-15)11-13-6-3-2-4-7-13/h2-4,6-7,12H,5,8-11,15H2,1H3,(H2,16,18). The van der Waals surface area contributed by atoms with Crippen molar-refractivity contribution in [1.82, 2.24) is 4.90 Å². The molecule has 100 valence electrons. The maximum absolute atomic E-state index is 11.1. The molecule has 4 N–H and O–H groups in total. The van der Waals surface area contributed by atoms with Crippen molar-refractivity contribution in [1.29, 1.82) is 0 Å². The lowest BCUT2D eigenvalue weighted by Gasteiger charge is -2.24. The van der Waals surface area contributed by atoms with Crippen molar-refractivity contribution in [2.75, 3.05) is 19.6 Å². The number of hydrogen-bond donors (Lipinski definition) is 2. The van der Waals surface area contributed by atoms with Gasteiger partial charge in [0.05, 0.1) is 0 Å². The van der Waals surface area contributed by atoms with Crippen LogP contribution in [-0.4, -0.2) is 30.4 Å². The number of rotatable bonds is 8. The Morgan fingerprint density at radius 2 is 2.00 bits per heavy atom. The van der Waals surface area contributed by atoms with Crippen molar-refractivity contribution in [2.24, 2.45) is 17.4 Å². The SMILES string of the molecule is CC(CN(CCCN)Cc1ccccc1)C(N)=O. The van der Waals surface area contributed by atoms with Gasteiger partial charge in [0.2, 0.25) is 5.91 Å². The summed E-state index contributed by atoms with van der Waals surface area (Å²) in [5, 5.41) is 0. The van der Waals surface area contributed by atoms with Crippen molar-refractivity contribution in [2.45, 2.75) is 19.9 Å². The summed E-state index contributed by atoms with van der Waals surface area (Å²) in [5.74, 6) is -0.382. The Kier molecular flexibility index (Phi) is 6.39. The van der Waals surface area contributed by atoms with Crippen LogP contribution in [0.2, 0.25) is 0 Å². The van der Waals surface area contributed by atoms with E-state index in [0.29, 0.717) is 13.1 Å². The maximum Gasteiger partial charge on any atom is 0.221 e. The third-order valence-corrected chi connectivity index (χ3v) is 2.95. The van der Waals surface area contributed by atoms with Gasteiger partial charge in [-0.2, -0.15) is 0 Å². The first kappa shape index (κ1) is 14.7. The van der Waals surface area contributed by atoms with Gasteiger partial charge in [-0.05, 0) is 25.1 Å². The highest BCUT2D eigenvalue weighted by molar-refractivity contribution is 5.76. The number of amides is 1. The largest absolute Gasteiger partial charge is 0.369 e. The van der Waals surface area contributed by atoms with Gasteiger partial charge >= 0.3 is 0 Å². The van der Waals surface area contributed by atoms with Gasteiger partial charge in [-0.25, -0.2) is 0 Å². The molecule has 4 heteroatoms. The predicted molar refractivity (Wildman–Crippen MR) is 73.7 cm³/mol. The van der Waals surface area contributed by atoms with E-state index in [9.17, 15) is 4.79 Å². The molecule has 0 spiro atoms. The Labute approximate surface area is 109 Å². The molecule has 0 bridgehead atoms. The molecular formula is C14H23N3O. The molecule has 4 nitrogen and oxygen atoms in total. The molecule has 0 fully saturated rings. The Hall–Kier alpha value is -1.39. The first-order valence-electron chi connectivity index (χ1n) is 6.39. The van der Waals surface area contributed by atoms with E-state index in [4.69, 9.17) is 11.5 Å². The first-order valence-corrected chi connectivity index (χ1v) is 6.39. The Balaban J connectivity index is 2.57. The lowest BCUT2D eigenvalue weighted by Crippen LogP contribution is -2.35. The molecule has 0 aliphatic carbocycles. The molecular weight excluding hydrogens is 226 g/mol. The van der Waals surface area contributed by atoms with E-state index in [1.54, 1.807) is 0 Å². The van der Waals surface area contributed by atoms with E-state index in [1.165, 1.54) is 5.56 Å². The van der Waals surface area contributed by atoms with Gasteiger partial charge in [0.15, 0.2) is 0 Å². The van der Waals surface area contributed by atoms with Gasteiger partial charge in [0.1, 0.15) is 0 Å². The van der Waals surface area contributed by atoms with Crippen molar-refractivity contribution < 1.29 is 4.79 Å². The minimum Gasteiger partial charge on any atom is -0.369 e. The Bertz CT molecular complexity index is 353. The molecule has 1 atom stereocenters. The van der Waals surface area contributed by atoms with Gasteiger partial charge in [-0.1, -0.05) is 37.3 Å². The summed E-state index contributed by atoms with van der Waals surface area (Å²) in [6.07, 6.45) is 0.929. The number of benzene rings is 1. The van der Waals surface area contributed by atoms with Crippen molar-refractivity contribution >= 4 is 5.91 Å². The van der Waals surface area contributed by atoms with Crippen molar-refractivity contribution in [3.63, 3.8) is 0 Å². The number of hydrogen-bond acceptors (Lipinski definition) is 3. The van der Waals surface area contributed by atoms with Crippen LogP contribution in [0.5, 0.6) is 0 Å². The van der Waals surface area contributed by atoms with E-state index in [1.807, 2.05) is 25.1 Å². The average Bonchev–Trinajstić information content (AvgIpc) is 2.37. The maximum atomic E-state index is 11.1. The number of nitrogens with zero attached hydrogens (tertiary/aromatic N) is 1. The van der Waals surface area contributed by atoms with Crippen LogP contribution in [0.4, 0.5) is 0 Å². The molecule has 1 aromatic rings. The number of nitrogens with two attached hydrogens (primary N) is 2. The zero-order valence-electron chi connectivity index (χ0n) is 11.0. The monoisotopic (exact) mass is 249 g/mol. The second-order valence-corrected chi connectivity index (χ2v) is 4.67. The third-order valence-electron chi connectivity index (χ3n) is 2.95. The van der Waals surface area contributed by atoms with Crippen LogP contribution < -0.4 is 11.5 Å². The molecule has 0 aliphatic heterocycles. The second kappa shape index (κ2) is 7.84. The minimum atomic E-state index is -0.249. The van der Waals surface area contributed by atoms with E-state index in [-0.39, 0.29) is 11.8 Å². The summed E-state index contributed by atoms with van der Waals surface area (Å²) in [6, 6.07) is 10.2. The lowest BCUT2D eigenvalue weighted by atomic mass is 10.1. The van der Waals surface area contributed by atoms with Gasteiger partial charge < -0.3 is 11.5 Å². The third kappa shape index (κ3) is 5.29. The van der Waals surface area contributed by atoms with E-state index < -0.39 is 0 Å². The zero-order chi connectivity index (χ0) is 13.4. The summed E-state index contributed by atoms with van der Waals surface area (Å²) in [6.45, 7) is 4.94. The summed E-state index contributed by atoms with van der Waals surface area (Å²) in [7, 11) is 0. The predicted octanol–water partition coefficient (Wildman–Crippen LogP) is 0.959. The first-order chi connectivity index (χ1) is 8.63. The zero-order valence-corrected chi connectivity index (χ0v) is 11.0. The van der Waals surface area contributed by atoms with Crippen LogP contribution in [0.15, 0.2) is 30.3 Å². The van der Waals surface area contributed by atoms with Gasteiger partial charge in [-0.15, -0.1) is 0 Å². The minimum absolute atomic E-state index is 0.133. The van der Waals surface area contributed by atoms with Crippen molar-refractivity contribution in [3.8, 4) is 0 Å². The molecule has 0 heterocycles. The van der Waals surface area contributed by atoms with Crippen LogP contribution in [-0.2, 0) is 11.3 Å². The fourth-order valence-electron chi connectivity index (χ4n) is 1.87. The van der Waals surface area contributed by atoms with Crippen LogP contribution in [0, 0.1) is 5.92 Å². The summed E-state index contributed by atoms with van der Waals surface area (Å²) in [4.78, 5) is 13.4. The van der Waals surface area contributed by atoms with E-state index in [0.717, 1.165) is 19.5 Å². The molecule has 0 saturated heterocycles. The van der Waals surface area contributed by atoms with Crippen LogP contribution in [0.1, 0.15) is 18.9 Å². The molecule has 1 unspecified atom stereocenters. The smallest absolute Gasteiger partial charge is 0.221 e. The Morgan fingerprint density at radius 3 is 2.56 bits per heavy atom. The molecule has 1 amide bonds. The topological polar surface area (TPSA) is 72.3 Å². The second-order valence-electron chi connectivity index (χ2n) is 4.67.